The van der Waals surface area contributed by atoms with E-state index in [0.717, 1.165) is 13.0 Å². The Balaban J connectivity index is 1.27. The molecule has 2 aliphatic rings. The van der Waals surface area contributed by atoms with Crippen molar-refractivity contribution in [2.45, 2.75) is 25.4 Å². The van der Waals surface area contributed by atoms with E-state index in [1.807, 2.05) is 17.9 Å². The van der Waals surface area contributed by atoms with E-state index in [0.29, 0.717) is 43.2 Å². The summed E-state index contributed by atoms with van der Waals surface area (Å²) in [4.78, 5) is 34.3. The summed E-state index contributed by atoms with van der Waals surface area (Å²) in [6.07, 6.45) is 0.959. The molecule has 0 aliphatic carbocycles. The first-order valence-electron chi connectivity index (χ1n) is 12.7. The molecule has 0 unspecified atom stereocenters. The number of methoxy groups -OCH3 is 2. The van der Waals surface area contributed by atoms with Crippen molar-refractivity contribution in [2.24, 2.45) is 0 Å². The summed E-state index contributed by atoms with van der Waals surface area (Å²) in [6, 6.07) is 17.7. The smallest absolute Gasteiger partial charge is 0.254 e. The summed E-state index contributed by atoms with van der Waals surface area (Å²) in [7, 11) is 3.14. The summed E-state index contributed by atoms with van der Waals surface area (Å²) in [5, 5.41) is 2.16. The Hall–Kier alpha value is -3.36. The topological polar surface area (TPSA) is 62.3 Å². The van der Waals surface area contributed by atoms with Gasteiger partial charge in [-0.2, -0.15) is 0 Å². The number of piperazine rings is 1. The molecule has 2 atom stereocenters. The Labute approximate surface area is 222 Å². The third kappa shape index (κ3) is 5.08. The molecule has 2 amide bonds. The summed E-state index contributed by atoms with van der Waals surface area (Å²) in [5.74, 6) is 1.19. The van der Waals surface area contributed by atoms with Gasteiger partial charge in [-0.05, 0) is 48.1 Å². The van der Waals surface area contributed by atoms with Crippen LogP contribution in [-0.4, -0.2) is 79.5 Å². The lowest BCUT2D eigenvalue weighted by Crippen LogP contribution is -2.56. The number of rotatable bonds is 6. The normalized spacial score (nSPS) is 18.7. The number of hydrogen-bond donors (Lipinski definition) is 0. The van der Waals surface area contributed by atoms with Gasteiger partial charge in [0.15, 0.2) is 0 Å². The van der Waals surface area contributed by atoms with E-state index < -0.39 is 0 Å². The Kier molecular flexibility index (Phi) is 7.48. The average molecular weight is 520 g/mol. The standard InChI is InChI=1S/C29H33N3O4S/c1-20(32-11-9-26-25(10-16-37-26)27(32)21-7-5-4-6-8-21)28(33)30-12-14-31(15-13-30)29(34)22-17-23(35-2)19-24(18-22)36-3/h4-8,10,16-20,27H,9,11-15H2,1-3H3/t20-,27-/m0/s1. The number of nitrogens with zero attached hydrogens (tertiary/aromatic N) is 3. The fourth-order valence-electron chi connectivity index (χ4n) is 5.41. The summed E-state index contributed by atoms with van der Waals surface area (Å²) >= 11 is 1.80. The minimum Gasteiger partial charge on any atom is -0.497 e. The maximum absolute atomic E-state index is 13.7. The van der Waals surface area contributed by atoms with Crippen molar-refractivity contribution in [1.82, 2.24) is 14.7 Å². The largest absolute Gasteiger partial charge is 0.497 e. The van der Waals surface area contributed by atoms with Crippen molar-refractivity contribution in [2.75, 3.05) is 46.9 Å². The molecule has 1 saturated heterocycles. The lowest BCUT2D eigenvalue weighted by molar-refractivity contribution is -0.138. The molecular weight excluding hydrogens is 486 g/mol. The Morgan fingerprint density at radius 1 is 0.892 bits per heavy atom. The molecule has 8 heteroatoms. The van der Waals surface area contributed by atoms with Crippen LogP contribution in [-0.2, 0) is 11.2 Å². The van der Waals surface area contributed by atoms with Crippen LogP contribution in [0.2, 0.25) is 0 Å². The van der Waals surface area contributed by atoms with Gasteiger partial charge in [-0.1, -0.05) is 30.3 Å². The van der Waals surface area contributed by atoms with Crippen LogP contribution in [0.3, 0.4) is 0 Å². The molecule has 5 rings (SSSR count). The molecule has 37 heavy (non-hydrogen) atoms. The van der Waals surface area contributed by atoms with Crippen molar-refractivity contribution < 1.29 is 19.1 Å². The highest BCUT2D eigenvalue weighted by molar-refractivity contribution is 7.10. The van der Waals surface area contributed by atoms with Gasteiger partial charge in [-0.3, -0.25) is 14.5 Å². The van der Waals surface area contributed by atoms with Crippen LogP contribution in [0, 0.1) is 0 Å². The van der Waals surface area contributed by atoms with Crippen LogP contribution in [0.25, 0.3) is 0 Å². The second-order valence-corrected chi connectivity index (χ2v) is 10.5. The van der Waals surface area contributed by atoms with Gasteiger partial charge < -0.3 is 19.3 Å². The summed E-state index contributed by atoms with van der Waals surface area (Å²) in [5.41, 5.74) is 3.05. The SMILES string of the molecule is COc1cc(OC)cc(C(=O)N2CCN(C(=O)[C@H](C)N3CCc4sccc4[C@@H]3c3ccccc3)CC2)c1. The molecule has 7 nitrogen and oxygen atoms in total. The zero-order valence-electron chi connectivity index (χ0n) is 21.6. The lowest BCUT2D eigenvalue weighted by atomic mass is 9.92. The van der Waals surface area contributed by atoms with Gasteiger partial charge in [-0.25, -0.2) is 0 Å². The van der Waals surface area contributed by atoms with Crippen LogP contribution in [0.1, 0.15) is 39.3 Å². The maximum Gasteiger partial charge on any atom is 0.254 e. The van der Waals surface area contributed by atoms with Gasteiger partial charge in [0.05, 0.1) is 26.3 Å². The molecule has 1 fully saturated rings. The first kappa shape index (κ1) is 25.3. The van der Waals surface area contributed by atoms with Crippen LogP contribution in [0.4, 0.5) is 0 Å². The molecule has 1 aromatic heterocycles. The van der Waals surface area contributed by atoms with E-state index in [1.165, 1.54) is 16.0 Å². The quantitative estimate of drug-likeness (QED) is 0.491. The predicted octanol–water partition coefficient (Wildman–Crippen LogP) is 4.09. The molecule has 0 bridgehead atoms. The fourth-order valence-corrected chi connectivity index (χ4v) is 6.31. The first-order valence-corrected chi connectivity index (χ1v) is 13.6. The Morgan fingerprint density at radius 3 is 2.19 bits per heavy atom. The van der Waals surface area contributed by atoms with Crippen molar-refractivity contribution >= 4 is 23.2 Å². The van der Waals surface area contributed by atoms with E-state index in [9.17, 15) is 9.59 Å². The van der Waals surface area contributed by atoms with Crippen LogP contribution in [0.5, 0.6) is 11.5 Å². The van der Waals surface area contributed by atoms with Crippen molar-refractivity contribution in [3.8, 4) is 11.5 Å². The molecule has 3 aromatic rings. The second kappa shape index (κ2) is 10.9. The van der Waals surface area contributed by atoms with Crippen molar-refractivity contribution in [3.63, 3.8) is 0 Å². The zero-order chi connectivity index (χ0) is 25.9. The molecule has 0 saturated carbocycles. The maximum atomic E-state index is 13.7. The molecular formula is C29H33N3O4S. The fraction of sp³-hybridized carbons (Fsp3) is 0.379. The Bertz CT molecular complexity index is 1230. The molecule has 194 valence electrons. The van der Waals surface area contributed by atoms with Crippen LogP contribution >= 0.6 is 11.3 Å². The van der Waals surface area contributed by atoms with Gasteiger partial charge in [0.2, 0.25) is 5.91 Å². The van der Waals surface area contributed by atoms with Gasteiger partial charge in [0, 0.05) is 49.2 Å². The summed E-state index contributed by atoms with van der Waals surface area (Å²) < 4.78 is 10.6. The van der Waals surface area contributed by atoms with E-state index in [-0.39, 0.29) is 23.9 Å². The zero-order valence-corrected chi connectivity index (χ0v) is 22.4. The number of carbonyl (C=O) groups excluding carboxylic acids is 2. The number of amides is 2. The van der Waals surface area contributed by atoms with Gasteiger partial charge in [0.25, 0.3) is 5.91 Å². The third-order valence-electron chi connectivity index (χ3n) is 7.45. The molecule has 0 radical (unpaired) electrons. The van der Waals surface area contributed by atoms with Crippen LogP contribution < -0.4 is 9.47 Å². The number of hydrogen-bond acceptors (Lipinski definition) is 6. The van der Waals surface area contributed by atoms with Crippen molar-refractivity contribution in [3.05, 3.63) is 81.5 Å². The molecule has 2 aromatic carbocycles. The first-order chi connectivity index (χ1) is 18.0. The van der Waals surface area contributed by atoms with Crippen molar-refractivity contribution in [1.29, 1.82) is 0 Å². The number of carbonyl (C=O) groups is 2. The highest BCUT2D eigenvalue weighted by atomic mass is 32.1. The van der Waals surface area contributed by atoms with Gasteiger partial charge in [-0.15, -0.1) is 11.3 Å². The van der Waals surface area contributed by atoms with Gasteiger partial charge in [0.1, 0.15) is 11.5 Å². The van der Waals surface area contributed by atoms with E-state index in [4.69, 9.17) is 9.47 Å². The minimum atomic E-state index is -0.261. The third-order valence-corrected chi connectivity index (χ3v) is 8.45. The molecule has 0 N–H and O–H groups in total. The van der Waals surface area contributed by atoms with Gasteiger partial charge >= 0.3 is 0 Å². The van der Waals surface area contributed by atoms with Crippen LogP contribution in [0.15, 0.2) is 60.0 Å². The number of benzene rings is 2. The number of thiophene rings is 1. The average Bonchev–Trinajstić information content (AvgIpc) is 3.44. The lowest BCUT2D eigenvalue weighted by Gasteiger charge is -2.42. The number of fused-ring (bicyclic) bond motifs is 1. The monoisotopic (exact) mass is 519 g/mol. The second-order valence-electron chi connectivity index (χ2n) is 9.49. The predicted molar refractivity (Wildman–Crippen MR) is 145 cm³/mol. The molecule has 3 heterocycles. The minimum absolute atomic E-state index is 0.0704. The molecule has 2 aliphatic heterocycles. The Morgan fingerprint density at radius 2 is 1.54 bits per heavy atom. The summed E-state index contributed by atoms with van der Waals surface area (Å²) in [6.45, 7) is 4.89. The van der Waals surface area contributed by atoms with E-state index >= 15 is 0 Å². The van der Waals surface area contributed by atoms with E-state index in [1.54, 1.807) is 48.7 Å². The highest BCUT2D eigenvalue weighted by Gasteiger charge is 2.37. The van der Waals surface area contributed by atoms with E-state index in [2.05, 4.69) is 40.6 Å². The number of ether oxygens (including phenoxy) is 2. The highest BCUT2D eigenvalue weighted by Crippen LogP contribution is 2.39. The molecule has 0 spiro atoms.